The van der Waals surface area contributed by atoms with E-state index < -0.39 is 0 Å². The molecule has 0 amide bonds. The van der Waals surface area contributed by atoms with Crippen LogP contribution in [0.25, 0.3) is 0 Å². The van der Waals surface area contributed by atoms with Crippen LogP contribution in [0.5, 0.6) is 0 Å². The molecule has 2 nitrogen and oxygen atoms in total. The van der Waals surface area contributed by atoms with Crippen molar-refractivity contribution in [2.24, 2.45) is 11.7 Å². The summed E-state index contributed by atoms with van der Waals surface area (Å²) in [5.74, 6) is 0.865. The zero-order valence-corrected chi connectivity index (χ0v) is 10.8. The van der Waals surface area contributed by atoms with Crippen molar-refractivity contribution in [3.63, 3.8) is 0 Å². The van der Waals surface area contributed by atoms with Crippen LogP contribution in [0.2, 0.25) is 0 Å². The van der Waals surface area contributed by atoms with Crippen LogP contribution in [0.15, 0.2) is 18.2 Å². The lowest BCUT2D eigenvalue weighted by molar-refractivity contribution is 0.373. The summed E-state index contributed by atoms with van der Waals surface area (Å²) in [7, 11) is 0. The molecule has 1 saturated carbocycles. The number of nitrogens with two attached hydrogens (primary N) is 1. The highest BCUT2D eigenvalue weighted by Crippen LogP contribution is 2.25. The van der Waals surface area contributed by atoms with E-state index in [1.807, 2.05) is 0 Å². The Bertz CT molecular complexity index is 354. The summed E-state index contributed by atoms with van der Waals surface area (Å²) < 4.78 is 0. The SMILES string of the molecule is Cc1ccc(CN)cc1NCC1CCCCC1. The Hall–Kier alpha value is -1.02. The Morgan fingerprint density at radius 1 is 1.24 bits per heavy atom. The quantitative estimate of drug-likeness (QED) is 0.834. The number of benzene rings is 1. The monoisotopic (exact) mass is 232 g/mol. The first-order valence-electron chi connectivity index (χ1n) is 6.83. The van der Waals surface area contributed by atoms with Crippen LogP contribution in [0, 0.1) is 12.8 Å². The van der Waals surface area contributed by atoms with Crippen molar-refractivity contribution in [2.75, 3.05) is 11.9 Å². The zero-order valence-electron chi connectivity index (χ0n) is 10.8. The normalized spacial score (nSPS) is 17.1. The summed E-state index contributed by atoms with van der Waals surface area (Å²) in [5.41, 5.74) is 9.47. The summed E-state index contributed by atoms with van der Waals surface area (Å²) in [5, 5.41) is 3.60. The summed E-state index contributed by atoms with van der Waals surface area (Å²) in [6, 6.07) is 6.46. The van der Waals surface area contributed by atoms with Crippen molar-refractivity contribution in [2.45, 2.75) is 45.6 Å². The fourth-order valence-electron chi connectivity index (χ4n) is 2.63. The Kier molecular flexibility index (Phi) is 4.43. The molecule has 0 atom stereocenters. The third-order valence-electron chi connectivity index (χ3n) is 3.84. The molecule has 0 radical (unpaired) electrons. The van der Waals surface area contributed by atoms with Gasteiger partial charge in [0.25, 0.3) is 0 Å². The van der Waals surface area contributed by atoms with Crippen LogP contribution < -0.4 is 11.1 Å². The van der Waals surface area contributed by atoms with Crippen molar-refractivity contribution in [1.29, 1.82) is 0 Å². The topological polar surface area (TPSA) is 38.0 Å². The molecule has 1 aromatic carbocycles. The highest BCUT2D eigenvalue weighted by Gasteiger charge is 2.13. The molecule has 3 N–H and O–H groups in total. The summed E-state index contributed by atoms with van der Waals surface area (Å²) in [6.07, 6.45) is 7.03. The van der Waals surface area contributed by atoms with Crippen LogP contribution in [0.3, 0.4) is 0 Å². The van der Waals surface area contributed by atoms with Crippen LogP contribution in [0.1, 0.15) is 43.2 Å². The number of nitrogens with one attached hydrogen (secondary N) is 1. The lowest BCUT2D eigenvalue weighted by Crippen LogP contribution is -2.17. The predicted octanol–water partition coefficient (Wildman–Crippen LogP) is 3.45. The first-order valence-corrected chi connectivity index (χ1v) is 6.83. The first kappa shape index (κ1) is 12.4. The molecule has 2 heteroatoms. The molecular weight excluding hydrogens is 208 g/mol. The maximum Gasteiger partial charge on any atom is 0.0373 e. The van der Waals surface area contributed by atoms with Gasteiger partial charge in [0.1, 0.15) is 0 Å². The standard InChI is InChI=1S/C15H24N2/c1-12-7-8-14(10-16)9-15(12)17-11-13-5-3-2-4-6-13/h7-9,13,17H,2-6,10-11,16H2,1H3. The molecule has 0 aliphatic heterocycles. The molecule has 0 aromatic heterocycles. The highest BCUT2D eigenvalue weighted by atomic mass is 14.9. The van der Waals surface area contributed by atoms with Gasteiger partial charge in [-0.3, -0.25) is 0 Å². The van der Waals surface area contributed by atoms with Gasteiger partial charge in [0, 0.05) is 18.8 Å². The Morgan fingerprint density at radius 2 is 2.00 bits per heavy atom. The smallest absolute Gasteiger partial charge is 0.0373 e. The summed E-state index contributed by atoms with van der Waals surface area (Å²) >= 11 is 0. The van der Waals surface area contributed by atoms with Crippen LogP contribution in [-0.2, 0) is 6.54 Å². The van der Waals surface area contributed by atoms with Gasteiger partial charge < -0.3 is 11.1 Å². The van der Waals surface area contributed by atoms with E-state index in [2.05, 4.69) is 30.4 Å². The van der Waals surface area contributed by atoms with Gasteiger partial charge in [-0.15, -0.1) is 0 Å². The van der Waals surface area contributed by atoms with E-state index in [-0.39, 0.29) is 0 Å². The average molecular weight is 232 g/mol. The lowest BCUT2D eigenvalue weighted by Gasteiger charge is -2.23. The molecule has 0 bridgehead atoms. The van der Waals surface area contributed by atoms with Gasteiger partial charge in [-0.25, -0.2) is 0 Å². The zero-order chi connectivity index (χ0) is 12.1. The van der Waals surface area contributed by atoms with Gasteiger partial charge in [0.2, 0.25) is 0 Å². The van der Waals surface area contributed by atoms with E-state index >= 15 is 0 Å². The van der Waals surface area contributed by atoms with E-state index in [0.717, 1.165) is 12.5 Å². The minimum absolute atomic E-state index is 0.623. The Labute approximate surface area is 105 Å². The third-order valence-corrected chi connectivity index (χ3v) is 3.84. The second-order valence-electron chi connectivity index (χ2n) is 5.24. The van der Waals surface area contributed by atoms with Crippen molar-refractivity contribution in [3.05, 3.63) is 29.3 Å². The van der Waals surface area contributed by atoms with Crippen LogP contribution >= 0.6 is 0 Å². The molecule has 2 rings (SSSR count). The number of rotatable bonds is 4. The number of hydrogen-bond acceptors (Lipinski definition) is 2. The minimum Gasteiger partial charge on any atom is -0.385 e. The van der Waals surface area contributed by atoms with Gasteiger partial charge in [0.05, 0.1) is 0 Å². The maximum atomic E-state index is 5.68. The molecule has 0 unspecified atom stereocenters. The van der Waals surface area contributed by atoms with Gasteiger partial charge >= 0.3 is 0 Å². The van der Waals surface area contributed by atoms with Gasteiger partial charge in [-0.1, -0.05) is 31.4 Å². The molecular formula is C15H24N2. The number of aryl methyl sites for hydroxylation is 1. The fourth-order valence-corrected chi connectivity index (χ4v) is 2.63. The van der Waals surface area contributed by atoms with Gasteiger partial charge in [0.15, 0.2) is 0 Å². The molecule has 0 heterocycles. The van der Waals surface area contributed by atoms with Crippen molar-refractivity contribution < 1.29 is 0 Å². The highest BCUT2D eigenvalue weighted by molar-refractivity contribution is 5.52. The predicted molar refractivity (Wildman–Crippen MR) is 74.1 cm³/mol. The van der Waals surface area contributed by atoms with Crippen molar-refractivity contribution in [3.8, 4) is 0 Å². The average Bonchev–Trinajstić information content (AvgIpc) is 2.39. The molecule has 0 saturated heterocycles. The second-order valence-corrected chi connectivity index (χ2v) is 5.24. The van der Waals surface area contributed by atoms with Gasteiger partial charge in [-0.05, 0) is 42.9 Å². The largest absolute Gasteiger partial charge is 0.385 e. The Morgan fingerprint density at radius 3 is 2.71 bits per heavy atom. The van der Waals surface area contributed by atoms with E-state index in [1.165, 1.54) is 48.9 Å². The van der Waals surface area contributed by atoms with E-state index in [1.54, 1.807) is 0 Å². The molecule has 0 spiro atoms. The third kappa shape index (κ3) is 3.47. The number of hydrogen-bond donors (Lipinski definition) is 2. The summed E-state index contributed by atoms with van der Waals surface area (Å²) in [4.78, 5) is 0. The summed E-state index contributed by atoms with van der Waals surface area (Å²) in [6.45, 7) is 3.90. The van der Waals surface area contributed by atoms with E-state index in [0.29, 0.717) is 6.54 Å². The Balaban J connectivity index is 1.92. The fraction of sp³-hybridized carbons (Fsp3) is 0.600. The lowest BCUT2D eigenvalue weighted by atomic mass is 9.89. The molecule has 17 heavy (non-hydrogen) atoms. The molecule has 1 aliphatic carbocycles. The van der Waals surface area contributed by atoms with E-state index in [4.69, 9.17) is 5.73 Å². The first-order chi connectivity index (χ1) is 8.29. The number of anilines is 1. The molecule has 1 aromatic rings. The molecule has 94 valence electrons. The van der Waals surface area contributed by atoms with Crippen molar-refractivity contribution >= 4 is 5.69 Å². The van der Waals surface area contributed by atoms with Gasteiger partial charge in [-0.2, -0.15) is 0 Å². The van der Waals surface area contributed by atoms with E-state index in [9.17, 15) is 0 Å². The second kappa shape index (κ2) is 6.06. The van der Waals surface area contributed by atoms with Crippen molar-refractivity contribution in [1.82, 2.24) is 0 Å². The minimum atomic E-state index is 0.623. The van der Waals surface area contributed by atoms with Crippen LogP contribution in [-0.4, -0.2) is 6.54 Å². The molecule has 1 fully saturated rings. The molecule has 1 aliphatic rings. The maximum absolute atomic E-state index is 5.68. The van der Waals surface area contributed by atoms with Crippen LogP contribution in [0.4, 0.5) is 5.69 Å².